The first-order chi connectivity index (χ1) is 18.0. The van der Waals surface area contributed by atoms with Crippen LogP contribution in [0.5, 0.6) is 5.75 Å². The molecular formula is C26H30F6N2O4Si. The summed E-state index contributed by atoms with van der Waals surface area (Å²) in [6.45, 7) is 8.83. The second-order valence-electron chi connectivity index (χ2n) is 10.1. The van der Waals surface area contributed by atoms with E-state index in [-0.39, 0.29) is 23.4 Å². The van der Waals surface area contributed by atoms with Gasteiger partial charge >= 0.3 is 18.2 Å². The number of hydrogen-bond donors (Lipinski definition) is 1. The van der Waals surface area contributed by atoms with E-state index in [9.17, 15) is 31.9 Å². The third-order valence-corrected chi connectivity index (χ3v) is 8.68. The van der Waals surface area contributed by atoms with Crippen LogP contribution in [0.15, 0.2) is 59.7 Å². The van der Waals surface area contributed by atoms with Crippen LogP contribution in [0.1, 0.15) is 32.4 Å². The molecular weight excluding hydrogens is 546 g/mol. The molecule has 1 aromatic heterocycles. The maximum atomic E-state index is 15.0. The second-order valence-corrected chi connectivity index (χ2v) is 14.3. The van der Waals surface area contributed by atoms with Crippen molar-refractivity contribution in [1.29, 1.82) is 0 Å². The zero-order valence-corrected chi connectivity index (χ0v) is 23.0. The third-order valence-electron chi connectivity index (χ3n) is 6.18. The van der Waals surface area contributed by atoms with E-state index in [0.29, 0.717) is 6.07 Å². The van der Waals surface area contributed by atoms with Gasteiger partial charge in [-0.3, -0.25) is 9.13 Å². The van der Waals surface area contributed by atoms with E-state index in [1.807, 2.05) is 26.9 Å². The second kappa shape index (κ2) is 11.2. The fourth-order valence-corrected chi connectivity index (χ4v) is 7.77. The van der Waals surface area contributed by atoms with E-state index in [0.717, 1.165) is 33.4 Å². The SMILES string of the molecule is CC(C)O[Si](C)(C)C[C@](O)(c1ccc(F)cc1F)[C@@H](C)n1ccn(-c2ccc(OC(F)(F)C(F)F)cc2)c1=O. The van der Waals surface area contributed by atoms with Gasteiger partial charge in [0.2, 0.25) is 0 Å². The predicted octanol–water partition coefficient (Wildman–Crippen LogP) is 6.23. The Kier molecular flexibility index (Phi) is 8.78. The summed E-state index contributed by atoms with van der Waals surface area (Å²) < 4.78 is 92.3. The van der Waals surface area contributed by atoms with Gasteiger partial charge in [0.1, 0.15) is 23.0 Å². The Morgan fingerprint density at radius 3 is 2.15 bits per heavy atom. The number of ether oxygens (including phenoxy) is 1. The summed E-state index contributed by atoms with van der Waals surface area (Å²) in [5.74, 6) is -2.35. The first-order valence-electron chi connectivity index (χ1n) is 12.1. The minimum Gasteiger partial charge on any atom is -0.428 e. The predicted molar refractivity (Wildman–Crippen MR) is 135 cm³/mol. The van der Waals surface area contributed by atoms with Crippen LogP contribution in [-0.4, -0.2) is 41.2 Å². The molecule has 39 heavy (non-hydrogen) atoms. The lowest BCUT2D eigenvalue weighted by Gasteiger charge is -2.40. The van der Waals surface area contributed by atoms with Gasteiger partial charge in [-0.25, -0.2) is 13.6 Å². The molecule has 3 aromatic rings. The number of halogens is 6. The van der Waals surface area contributed by atoms with E-state index in [1.54, 1.807) is 0 Å². The zero-order valence-electron chi connectivity index (χ0n) is 22.0. The smallest absolute Gasteiger partial charge is 0.428 e. The zero-order chi connectivity index (χ0) is 29.3. The molecule has 0 aliphatic carbocycles. The summed E-state index contributed by atoms with van der Waals surface area (Å²) in [5, 5.41) is 12.0. The number of hydrogen-bond acceptors (Lipinski definition) is 4. The van der Waals surface area contributed by atoms with E-state index < -0.39 is 55.6 Å². The van der Waals surface area contributed by atoms with Gasteiger partial charge in [-0.2, -0.15) is 17.6 Å². The van der Waals surface area contributed by atoms with Gasteiger partial charge in [-0.1, -0.05) is 6.07 Å². The van der Waals surface area contributed by atoms with Crippen LogP contribution in [0.4, 0.5) is 26.3 Å². The lowest BCUT2D eigenvalue weighted by Crippen LogP contribution is -2.47. The Hall–Kier alpha value is -3.03. The normalized spacial score (nSPS) is 15.0. The summed E-state index contributed by atoms with van der Waals surface area (Å²) in [4.78, 5) is 13.4. The number of rotatable bonds is 11. The highest BCUT2D eigenvalue weighted by molar-refractivity contribution is 6.71. The van der Waals surface area contributed by atoms with Crippen molar-refractivity contribution in [2.45, 2.75) is 70.2 Å². The van der Waals surface area contributed by atoms with Gasteiger partial charge in [0.25, 0.3) is 0 Å². The van der Waals surface area contributed by atoms with E-state index in [1.165, 1.54) is 31.5 Å². The van der Waals surface area contributed by atoms with Crippen LogP contribution in [0, 0.1) is 11.6 Å². The van der Waals surface area contributed by atoms with Crippen molar-refractivity contribution in [2.75, 3.05) is 0 Å². The summed E-state index contributed by atoms with van der Waals surface area (Å²) in [6, 6.07) is 6.13. The molecule has 0 unspecified atom stereocenters. The van der Waals surface area contributed by atoms with Crippen LogP contribution in [-0.2, 0) is 10.0 Å². The fourth-order valence-electron chi connectivity index (χ4n) is 4.63. The molecule has 0 amide bonds. The molecule has 1 N–H and O–H groups in total. The maximum absolute atomic E-state index is 15.0. The molecule has 1 heterocycles. The summed E-state index contributed by atoms with van der Waals surface area (Å²) in [5.41, 5.74) is -2.67. The monoisotopic (exact) mass is 576 g/mol. The molecule has 0 spiro atoms. The van der Waals surface area contributed by atoms with Gasteiger partial charge in [-0.15, -0.1) is 0 Å². The van der Waals surface area contributed by atoms with Crippen LogP contribution in [0.25, 0.3) is 5.69 Å². The van der Waals surface area contributed by atoms with Gasteiger partial charge in [0.05, 0.1) is 11.7 Å². The largest absolute Gasteiger partial charge is 0.461 e. The van der Waals surface area contributed by atoms with Gasteiger partial charge < -0.3 is 14.3 Å². The van der Waals surface area contributed by atoms with Crippen molar-refractivity contribution in [3.05, 3.63) is 82.5 Å². The number of aliphatic hydroxyl groups is 1. The summed E-state index contributed by atoms with van der Waals surface area (Å²) in [6.07, 6.45) is -6.20. The molecule has 0 aliphatic rings. The molecule has 214 valence electrons. The van der Waals surface area contributed by atoms with Crippen LogP contribution >= 0.6 is 0 Å². The lowest BCUT2D eigenvalue weighted by atomic mass is 9.88. The molecule has 2 aromatic carbocycles. The third kappa shape index (κ3) is 6.76. The molecule has 13 heteroatoms. The molecule has 6 nitrogen and oxygen atoms in total. The van der Waals surface area contributed by atoms with Crippen LogP contribution < -0.4 is 10.4 Å². The van der Waals surface area contributed by atoms with Crippen molar-refractivity contribution in [2.24, 2.45) is 0 Å². The van der Waals surface area contributed by atoms with Crippen molar-refractivity contribution < 1.29 is 40.6 Å². The van der Waals surface area contributed by atoms with Crippen molar-refractivity contribution in [1.82, 2.24) is 9.13 Å². The molecule has 0 radical (unpaired) electrons. The molecule has 2 atom stereocenters. The van der Waals surface area contributed by atoms with Crippen molar-refractivity contribution >= 4 is 8.32 Å². The fraction of sp³-hybridized carbons (Fsp3) is 0.423. The Morgan fingerprint density at radius 2 is 1.62 bits per heavy atom. The molecule has 0 fully saturated rings. The number of nitrogens with zero attached hydrogens (tertiary/aromatic N) is 2. The van der Waals surface area contributed by atoms with Crippen molar-refractivity contribution in [3.8, 4) is 11.4 Å². The van der Waals surface area contributed by atoms with Gasteiger partial charge in [0, 0.05) is 36.2 Å². The highest BCUT2D eigenvalue weighted by Gasteiger charge is 2.46. The molecule has 0 saturated heterocycles. The first-order valence-corrected chi connectivity index (χ1v) is 15.2. The van der Waals surface area contributed by atoms with Crippen molar-refractivity contribution in [3.63, 3.8) is 0 Å². The minimum atomic E-state index is -4.69. The summed E-state index contributed by atoms with van der Waals surface area (Å²) >= 11 is 0. The first kappa shape index (κ1) is 30.5. The quantitative estimate of drug-likeness (QED) is 0.217. The number of imidazole rings is 1. The highest BCUT2D eigenvalue weighted by Crippen LogP contribution is 2.42. The number of aromatic nitrogens is 2. The summed E-state index contributed by atoms with van der Waals surface area (Å²) in [7, 11) is -2.69. The molecule has 0 aliphatic heterocycles. The van der Waals surface area contributed by atoms with E-state index >= 15 is 4.39 Å². The Bertz CT molecular complexity index is 1340. The Balaban J connectivity index is 2.01. The maximum Gasteiger partial charge on any atom is 0.461 e. The standard InChI is InChI=1S/C26H30F6N2O4Si/c1-16(2)38-39(4,5)15-25(36,21-11-6-18(27)14-22(21)28)17(3)33-12-13-34(24(33)35)19-7-9-20(10-8-19)37-26(31,32)23(29)30/h6-14,16-17,23,36H,15H2,1-5H3/t17-,25-/m1/s1. The average molecular weight is 577 g/mol. The van der Waals surface area contributed by atoms with E-state index in [4.69, 9.17) is 4.43 Å². The van der Waals surface area contributed by atoms with Gasteiger partial charge in [-0.05, 0) is 64.2 Å². The lowest BCUT2D eigenvalue weighted by molar-refractivity contribution is -0.253. The Morgan fingerprint density at radius 1 is 1.00 bits per heavy atom. The Labute approximate surface area is 222 Å². The molecule has 0 saturated carbocycles. The van der Waals surface area contributed by atoms with E-state index in [2.05, 4.69) is 4.74 Å². The molecule has 0 bridgehead atoms. The van der Waals surface area contributed by atoms with Crippen LogP contribution in [0.3, 0.4) is 0 Å². The highest BCUT2D eigenvalue weighted by atomic mass is 28.4. The van der Waals surface area contributed by atoms with Gasteiger partial charge in [0.15, 0.2) is 8.32 Å². The molecule has 3 rings (SSSR count). The topological polar surface area (TPSA) is 65.6 Å². The van der Waals surface area contributed by atoms with Crippen LogP contribution in [0.2, 0.25) is 19.1 Å². The average Bonchev–Trinajstić information content (AvgIpc) is 3.18. The number of benzene rings is 2. The number of alkyl halides is 4. The minimum absolute atomic E-state index is 0.0378.